The summed E-state index contributed by atoms with van der Waals surface area (Å²) in [6.07, 6.45) is 3.22. The van der Waals surface area contributed by atoms with Gasteiger partial charge in [0, 0.05) is 36.2 Å². The molecule has 2 aliphatic rings. The van der Waals surface area contributed by atoms with Crippen LogP contribution in [0.5, 0.6) is 0 Å². The van der Waals surface area contributed by atoms with E-state index in [2.05, 4.69) is 53.4 Å². The third-order valence-corrected chi connectivity index (χ3v) is 10.8. The Bertz CT molecular complexity index is 1220. The Morgan fingerprint density at radius 2 is 1.54 bits per heavy atom. The fourth-order valence-corrected chi connectivity index (χ4v) is 8.39. The molecule has 2 aliphatic heterocycles. The molecule has 1 unspecified atom stereocenters. The van der Waals surface area contributed by atoms with Crippen molar-refractivity contribution in [1.29, 1.82) is 0 Å². The molecule has 0 radical (unpaired) electrons. The summed E-state index contributed by atoms with van der Waals surface area (Å²) in [6, 6.07) is 28.2. The van der Waals surface area contributed by atoms with Crippen LogP contribution in [-0.2, 0) is 21.9 Å². The van der Waals surface area contributed by atoms with E-state index in [0.29, 0.717) is 16.9 Å². The van der Waals surface area contributed by atoms with Gasteiger partial charge in [-0.3, -0.25) is 0 Å². The highest BCUT2D eigenvalue weighted by Gasteiger charge is 2.41. The molecule has 3 aromatic rings. The number of thioether (sulfide) groups is 1. The lowest BCUT2D eigenvalue weighted by Gasteiger charge is -2.41. The van der Waals surface area contributed by atoms with E-state index in [0.717, 1.165) is 26.1 Å². The number of sulfonamides is 1. The molecular formula is C29H34N2O2S2. The third-order valence-electron chi connectivity index (χ3n) is 7.63. The minimum Gasteiger partial charge on any atom is -0.303 e. The van der Waals surface area contributed by atoms with E-state index in [4.69, 9.17) is 0 Å². The van der Waals surface area contributed by atoms with Crippen LogP contribution in [0.25, 0.3) is 0 Å². The van der Waals surface area contributed by atoms with Crippen LogP contribution < -0.4 is 0 Å². The number of nitrogens with zero attached hydrogens (tertiary/aromatic N) is 2. The molecule has 0 aromatic heterocycles. The van der Waals surface area contributed by atoms with Crippen LogP contribution in [0.15, 0.2) is 94.7 Å². The highest BCUT2D eigenvalue weighted by Crippen LogP contribution is 2.49. The van der Waals surface area contributed by atoms with E-state index in [9.17, 15) is 8.42 Å². The molecule has 184 valence electrons. The van der Waals surface area contributed by atoms with Crippen molar-refractivity contribution in [3.05, 3.63) is 96.1 Å². The summed E-state index contributed by atoms with van der Waals surface area (Å²) in [5.41, 5.74) is 3.11. The fourth-order valence-electron chi connectivity index (χ4n) is 5.64. The zero-order chi connectivity index (χ0) is 24.3. The Kier molecular flexibility index (Phi) is 7.35. The number of fused-ring (bicyclic) bond motifs is 2. The monoisotopic (exact) mass is 506 g/mol. The molecule has 1 atom stereocenters. The highest BCUT2D eigenvalue weighted by molar-refractivity contribution is 7.99. The first-order chi connectivity index (χ1) is 17.0. The van der Waals surface area contributed by atoms with E-state index in [1.54, 1.807) is 41.2 Å². The van der Waals surface area contributed by atoms with E-state index in [-0.39, 0.29) is 5.92 Å². The van der Waals surface area contributed by atoms with Gasteiger partial charge in [0.25, 0.3) is 0 Å². The van der Waals surface area contributed by atoms with Crippen LogP contribution in [0.4, 0.5) is 0 Å². The molecule has 35 heavy (non-hydrogen) atoms. The summed E-state index contributed by atoms with van der Waals surface area (Å²) in [5, 5.41) is 0. The van der Waals surface area contributed by atoms with Gasteiger partial charge >= 0.3 is 0 Å². The Labute approximate surface area is 214 Å². The molecule has 5 rings (SSSR count). The van der Waals surface area contributed by atoms with Gasteiger partial charge in [0.1, 0.15) is 0 Å². The topological polar surface area (TPSA) is 40.6 Å². The van der Waals surface area contributed by atoms with Gasteiger partial charge < -0.3 is 4.90 Å². The maximum absolute atomic E-state index is 13.2. The molecule has 0 saturated carbocycles. The summed E-state index contributed by atoms with van der Waals surface area (Å²) < 4.78 is 28.0. The number of rotatable bonds is 8. The van der Waals surface area contributed by atoms with E-state index in [1.807, 2.05) is 23.9 Å². The predicted molar refractivity (Wildman–Crippen MR) is 144 cm³/mol. The molecule has 1 spiro atoms. The SMILES string of the molecule is CN(CC(Cc1ccccc1)CN1CCC2(CC1)CSc1ccccc12)S(=O)(=O)c1ccccc1. The van der Waals surface area contributed by atoms with Gasteiger partial charge in [-0.25, -0.2) is 12.7 Å². The van der Waals surface area contributed by atoms with Crippen molar-refractivity contribution in [3.8, 4) is 0 Å². The zero-order valence-electron chi connectivity index (χ0n) is 20.3. The summed E-state index contributed by atoms with van der Waals surface area (Å²) >= 11 is 2.01. The van der Waals surface area contributed by atoms with Crippen molar-refractivity contribution in [2.45, 2.75) is 34.5 Å². The first-order valence-corrected chi connectivity index (χ1v) is 14.9. The molecule has 4 nitrogen and oxygen atoms in total. The van der Waals surface area contributed by atoms with Gasteiger partial charge in [0.05, 0.1) is 4.90 Å². The van der Waals surface area contributed by atoms with Crippen LogP contribution >= 0.6 is 11.8 Å². The molecule has 3 aromatic carbocycles. The van der Waals surface area contributed by atoms with Crippen molar-refractivity contribution in [2.24, 2.45) is 5.92 Å². The van der Waals surface area contributed by atoms with E-state index in [1.165, 1.54) is 29.1 Å². The normalized spacial score (nSPS) is 18.6. The number of likely N-dealkylation sites (tertiary alicyclic amines) is 1. The molecule has 0 aliphatic carbocycles. The van der Waals surface area contributed by atoms with Crippen molar-refractivity contribution < 1.29 is 8.42 Å². The second kappa shape index (κ2) is 10.5. The van der Waals surface area contributed by atoms with Gasteiger partial charge in [-0.2, -0.15) is 0 Å². The molecule has 1 fully saturated rings. The maximum atomic E-state index is 13.2. The van der Waals surface area contributed by atoms with Crippen LogP contribution in [-0.4, -0.2) is 56.6 Å². The number of hydrogen-bond acceptors (Lipinski definition) is 4. The van der Waals surface area contributed by atoms with Crippen LogP contribution in [0, 0.1) is 5.92 Å². The molecule has 1 saturated heterocycles. The van der Waals surface area contributed by atoms with E-state index < -0.39 is 10.0 Å². The Morgan fingerprint density at radius 1 is 0.914 bits per heavy atom. The minimum atomic E-state index is -3.51. The van der Waals surface area contributed by atoms with Gasteiger partial charge in [0.15, 0.2) is 0 Å². The second-order valence-electron chi connectivity index (χ2n) is 10.0. The standard InChI is InChI=1S/C29H34N2O2S2/c1-30(35(32,33)26-12-6-3-7-13-26)21-25(20-24-10-4-2-5-11-24)22-31-18-16-29(17-19-31)23-34-28-15-9-8-14-27(28)29/h2-15,25H,16-23H2,1H3. The minimum absolute atomic E-state index is 0.222. The molecule has 0 bridgehead atoms. The first-order valence-electron chi connectivity index (χ1n) is 12.5. The van der Waals surface area contributed by atoms with Crippen LogP contribution in [0.2, 0.25) is 0 Å². The maximum Gasteiger partial charge on any atom is 0.242 e. The van der Waals surface area contributed by atoms with Crippen molar-refractivity contribution in [1.82, 2.24) is 9.21 Å². The lowest BCUT2D eigenvalue weighted by atomic mass is 9.74. The molecule has 0 amide bonds. The fraction of sp³-hybridized carbons (Fsp3) is 0.379. The largest absolute Gasteiger partial charge is 0.303 e. The lowest BCUT2D eigenvalue weighted by Crippen LogP contribution is -2.46. The zero-order valence-corrected chi connectivity index (χ0v) is 22.0. The predicted octanol–water partition coefficient (Wildman–Crippen LogP) is 5.31. The van der Waals surface area contributed by atoms with Gasteiger partial charge in [-0.05, 0) is 67.6 Å². The van der Waals surface area contributed by atoms with Crippen molar-refractivity contribution >= 4 is 21.8 Å². The average molecular weight is 507 g/mol. The van der Waals surface area contributed by atoms with Gasteiger partial charge in [-0.15, -0.1) is 11.8 Å². The second-order valence-corrected chi connectivity index (χ2v) is 13.1. The summed E-state index contributed by atoms with van der Waals surface area (Å²) in [4.78, 5) is 4.38. The summed E-state index contributed by atoms with van der Waals surface area (Å²) in [7, 11) is -1.79. The van der Waals surface area contributed by atoms with Crippen molar-refractivity contribution in [2.75, 3.05) is 39.0 Å². The summed E-state index contributed by atoms with van der Waals surface area (Å²) in [5.74, 6) is 1.41. The Hall–Kier alpha value is -2.12. The Morgan fingerprint density at radius 3 is 2.26 bits per heavy atom. The summed E-state index contributed by atoms with van der Waals surface area (Å²) in [6.45, 7) is 3.55. The smallest absolute Gasteiger partial charge is 0.242 e. The van der Waals surface area contributed by atoms with Crippen LogP contribution in [0.1, 0.15) is 24.0 Å². The highest BCUT2D eigenvalue weighted by atomic mass is 32.2. The lowest BCUT2D eigenvalue weighted by molar-refractivity contribution is 0.144. The van der Waals surface area contributed by atoms with Crippen molar-refractivity contribution in [3.63, 3.8) is 0 Å². The van der Waals surface area contributed by atoms with Gasteiger partial charge in [0.2, 0.25) is 10.0 Å². The van der Waals surface area contributed by atoms with Crippen LogP contribution in [0.3, 0.4) is 0 Å². The van der Waals surface area contributed by atoms with E-state index >= 15 is 0 Å². The molecular weight excluding hydrogens is 472 g/mol. The molecule has 2 heterocycles. The first kappa shape index (κ1) is 24.6. The quantitative estimate of drug-likeness (QED) is 0.415. The molecule has 0 N–H and O–H groups in total. The molecule has 6 heteroatoms. The number of benzene rings is 3. The van der Waals surface area contributed by atoms with Gasteiger partial charge in [-0.1, -0.05) is 66.7 Å². The Balaban J connectivity index is 1.28. The number of hydrogen-bond donors (Lipinski definition) is 0. The number of piperidine rings is 1. The average Bonchev–Trinajstić information content (AvgIpc) is 3.24. The third kappa shape index (κ3) is 5.36.